The second-order valence-corrected chi connectivity index (χ2v) is 5.00. The van der Waals surface area contributed by atoms with Crippen molar-refractivity contribution in [2.75, 3.05) is 44.6 Å². The van der Waals surface area contributed by atoms with Gasteiger partial charge in [0, 0.05) is 18.5 Å². The first kappa shape index (κ1) is 17.6. The molecule has 0 radical (unpaired) electrons. The Morgan fingerprint density at radius 1 is 0.875 bits per heavy atom. The van der Waals surface area contributed by atoms with Crippen LogP contribution in [0.15, 0.2) is 48.5 Å². The minimum atomic E-state index is -0.124. The van der Waals surface area contributed by atoms with Crippen LogP contribution in [0.3, 0.4) is 0 Å². The topological polar surface area (TPSA) is 68.8 Å². The lowest BCUT2D eigenvalue weighted by atomic mass is 10.3. The maximum atomic E-state index is 11.9. The van der Waals surface area contributed by atoms with E-state index in [4.69, 9.17) is 14.2 Å². The van der Waals surface area contributed by atoms with Gasteiger partial charge in [0.2, 0.25) is 5.91 Å². The number of hydrogen-bond donors (Lipinski definition) is 2. The second kappa shape index (κ2) is 9.42. The number of carbonyl (C=O) groups is 1. The summed E-state index contributed by atoms with van der Waals surface area (Å²) in [5.41, 5.74) is 1.57. The van der Waals surface area contributed by atoms with Crippen LogP contribution in [0, 0.1) is 0 Å². The molecule has 2 aromatic rings. The summed E-state index contributed by atoms with van der Waals surface area (Å²) >= 11 is 0. The van der Waals surface area contributed by atoms with Gasteiger partial charge in [0.05, 0.1) is 20.3 Å². The molecule has 2 rings (SSSR count). The standard InChI is InChI=1S/C18H22N2O4/c1-22-11-12-24-17-9-3-14(4-10-17)19-13-18(21)20-15-5-7-16(23-2)8-6-15/h3-10,19H,11-13H2,1-2H3,(H,20,21). The first-order valence-electron chi connectivity index (χ1n) is 7.61. The Bertz CT molecular complexity index is 626. The van der Waals surface area contributed by atoms with Crippen LogP contribution in [0.1, 0.15) is 0 Å². The van der Waals surface area contributed by atoms with Crippen molar-refractivity contribution in [2.45, 2.75) is 0 Å². The summed E-state index contributed by atoms with van der Waals surface area (Å²) in [5, 5.41) is 5.88. The quantitative estimate of drug-likeness (QED) is 0.692. The van der Waals surface area contributed by atoms with Crippen molar-refractivity contribution >= 4 is 17.3 Å². The molecule has 0 aromatic heterocycles. The van der Waals surface area contributed by atoms with E-state index in [1.54, 1.807) is 38.5 Å². The van der Waals surface area contributed by atoms with Crippen LogP contribution >= 0.6 is 0 Å². The van der Waals surface area contributed by atoms with Crippen LogP contribution in [-0.4, -0.2) is 39.9 Å². The maximum absolute atomic E-state index is 11.9. The molecular weight excluding hydrogens is 308 g/mol. The average molecular weight is 330 g/mol. The summed E-state index contributed by atoms with van der Waals surface area (Å²) in [6, 6.07) is 14.6. The van der Waals surface area contributed by atoms with Gasteiger partial charge >= 0.3 is 0 Å². The van der Waals surface area contributed by atoms with Gasteiger partial charge in [-0.1, -0.05) is 0 Å². The van der Waals surface area contributed by atoms with Crippen molar-refractivity contribution < 1.29 is 19.0 Å². The van der Waals surface area contributed by atoms with E-state index in [2.05, 4.69) is 10.6 Å². The van der Waals surface area contributed by atoms with Crippen molar-refractivity contribution in [3.8, 4) is 11.5 Å². The zero-order chi connectivity index (χ0) is 17.2. The summed E-state index contributed by atoms with van der Waals surface area (Å²) in [6.45, 7) is 1.23. The van der Waals surface area contributed by atoms with E-state index in [-0.39, 0.29) is 12.5 Å². The summed E-state index contributed by atoms with van der Waals surface area (Å²) in [6.07, 6.45) is 0. The number of hydrogen-bond acceptors (Lipinski definition) is 5. The largest absolute Gasteiger partial charge is 0.497 e. The fourth-order valence-electron chi connectivity index (χ4n) is 1.97. The minimum Gasteiger partial charge on any atom is -0.497 e. The van der Waals surface area contributed by atoms with Crippen LogP contribution in [0.25, 0.3) is 0 Å². The van der Waals surface area contributed by atoms with Gasteiger partial charge in [-0.05, 0) is 48.5 Å². The van der Waals surface area contributed by atoms with Crippen LogP contribution in [0.4, 0.5) is 11.4 Å². The van der Waals surface area contributed by atoms with E-state index in [1.165, 1.54) is 0 Å². The number of rotatable bonds is 9. The smallest absolute Gasteiger partial charge is 0.243 e. The molecule has 0 unspecified atom stereocenters. The third-order valence-corrected chi connectivity index (χ3v) is 3.24. The molecule has 0 saturated carbocycles. The predicted octanol–water partition coefficient (Wildman–Crippen LogP) is 2.77. The molecule has 0 bridgehead atoms. The second-order valence-electron chi connectivity index (χ2n) is 5.00. The van der Waals surface area contributed by atoms with Crippen molar-refractivity contribution in [1.29, 1.82) is 0 Å². The summed E-state index contributed by atoms with van der Waals surface area (Å²) in [5.74, 6) is 1.39. The molecule has 0 spiro atoms. The molecule has 2 N–H and O–H groups in total. The van der Waals surface area contributed by atoms with E-state index >= 15 is 0 Å². The molecule has 0 aliphatic heterocycles. The number of amides is 1. The highest BCUT2D eigenvalue weighted by Gasteiger charge is 2.03. The normalized spacial score (nSPS) is 10.1. The van der Waals surface area contributed by atoms with Gasteiger partial charge < -0.3 is 24.8 Å². The Balaban J connectivity index is 1.76. The minimum absolute atomic E-state index is 0.124. The van der Waals surface area contributed by atoms with E-state index in [0.717, 1.165) is 22.9 Å². The third kappa shape index (κ3) is 5.81. The monoisotopic (exact) mass is 330 g/mol. The van der Waals surface area contributed by atoms with Crippen LogP contribution in [0.5, 0.6) is 11.5 Å². The first-order chi connectivity index (χ1) is 11.7. The van der Waals surface area contributed by atoms with Crippen molar-refractivity contribution in [1.82, 2.24) is 0 Å². The number of benzene rings is 2. The predicted molar refractivity (Wildman–Crippen MR) is 93.9 cm³/mol. The molecule has 0 heterocycles. The number of nitrogens with one attached hydrogen (secondary N) is 2. The van der Waals surface area contributed by atoms with Crippen molar-refractivity contribution in [3.63, 3.8) is 0 Å². The van der Waals surface area contributed by atoms with Crippen LogP contribution < -0.4 is 20.1 Å². The molecule has 0 atom stereocenters. The number of anilines is 2. The Morgan fingerprint density at radius 3 is 2.12 bits per heavy atom. The Kier molecular flexibility index (Phi) is 6.91. The third-order valence-electron chi connectivity index (χ3n) is 3.24. The molecule has 2 aromatic carbocycles. The zero-order valence-electron chi connectivity index (χ0n) is 13.9. The highest BCUT2D eigenvalue weighted by molar-refractivity contribution is 5.93. The molecular formula is C18H22N2O4. The molecule has 0 aliphatic carbocycles. The molecule has 0 saturated heterocycles. The molecule has 6 nitrogen and oxygen atoms in total. The van der Waals surface area contributed by atoms with E-state index in [1.807, 2.05) is 24.3 Å². The number of ether oxygens (including phenoxy) is 3. The molecule has 24 heavy (non-hydrogen) atoms. The van der Waals surface area contributed by atoms with E-state index in [9.17, 15) is 4.79 Å². The highest BCUT2D eigenvalue weighted by atomic mass is 16.5. The molecule has 0 fully saturated rings. The molecule has 128 valence electrons. The molecule has 6 heteroatoms. The SMILES string of the molecule is COCCOc1ccc(NCC(=O)Nc2ccc(OC)cc2)cc1. The fourth-order valence-corrected chi connectivity index (χ4v) is 1.97. The molecule has 0 aliphatic rings. The highest BCUT2D eigenvalue weighted by Crippen LogP contribution is 2.16. The maximum Gasteiger partial charge on any atom is 0.243 e. The lowest BCUT2D eigenvalue weighted by molar-refractivity contribution is -0.114. The van der Waals surface area contributed by atoms with E-state index in [0.29, 0.717) is 13.2 Å². The number of carbonyl (C=O) groups excluding carboxylic acids is 1. The van der Waals surface area contributed by atoms with Gasteiger partial charge in [0.1, 0.15) is 18.1 Å². The lowest BCUT2D eigenvalue weighted by Crippen LogP contribution is -2.21. The molecule has 1 amide bonds. The average Bonchev–Trinajstić information content (AvgIpc) is 2.62. The van der Waals surface area contributed by atoms with Crippen molar-refractivity contribution in [2.24, 2.45) is 0 Å². The Labute approximate surface area is 141 Å². The summed E-state index contributed by atoms with van der Waals surface area (Å²) in [7, 11) is 3.23. The van der Waals surface area contributed by atoms with Crippen molar-refractivity contribution in [3.05, 3.63) is 48.5 Å². The summed E-state index contributed by atoms with van der Waals surface area (Å²) < 4.78 is 15.5. The fraction of sp³-hybridized carbons (Fsp3) is 0.278. The van der Waals surface area contributed by atoms with Gasteiger partial charge in [-0.25, -0.2) is 0 Å². The van der Waals surface area contributed by atoms with Gasteiger partial charge in [-0.3, -0.25) is 4.79 Å². The van der Waals surface area contributed by atoms with Crippen LogP contribution in [-0.2, 0) is 9.53 Å². The number of methoxy groups -OCH3 is 2. The Morgan fingerprint density at radius 2 is 1.50 bits per heavy atom. The van der Waals surface area contributed by atoms with Gasteiger partial charge in [0.15, 0.2) is 0 Å². The van der Waals surface area contributed by atoms with Crippen LogP contribution in [0.2, 0.25) is 0 Å². The van der Waals surface area contributed by atoms with Gasteiger partial charge in [-0.15, -0.1) is 0 Å². The zero-order valence-corrected chi connectivity index (χ0v) is 13.9. The van der Waals surface area contributed by atoms with Gasteiger partial charge in [-0.2, -0.15) is 0 Å². The lowest BCUT2D eigenvalue weighted by Gasteiger charge is -2.10. The summed E-state index contributed by atoms with van der Waals surface area (Å²) in [4.78, 5) is 11.9. The van der Waals surface area contributed by atoms with Gasteiger partial charge in [0.25, 0.3) is 0 Å². The Hall–Kier alpha value is -2.73. The first-order valence-corrected chi connectivity index (χ1v) is 7.61. The van der Waals surface area contributed by atoms with E-state index < -0.39 is 0 Å².